The summed E-state index contributed by atoms with van der Waals surface area (Å²) < 4.78 is 1.81. The third-order valence-electron chi connectivity index (χ3n) is 3.53. The van der Waals surface area contributed by atoms with Gasteiger partial charge in [-0.05, 0) is 43.3 Å². The number of hydrogen-bond acceptors (Lipinski definition) is 4. The smallest absolute Gasteiger partial charge is 0.319 e. The largest absolute Gasteiger partial charge is 0.352 e. The monoisotopic (exact) mass is 338 g/mol. The van der Waals surface area contributed by atoms with E-state index in [1.54, 1.807) is 28.7 Å². The van der Waals surface area contributed by atoms with Crippen molar-refractivity contribution in [2.45, 2.75) is 13.5 Å². The summed E-state index contributed by atoms with van der Waals surface area (Å²) in [6.07, 6.45) is 1.84. The van der Waals surface area contributed by atoms with E-state index in [0.29, 0.717) is 23.6 Å². The van der Waals surface area contributed by atoms with Crippen molar-refractivity contribution in [3.8, 4) is 0 Å². The molecule has 0 saturated carbocycles. The summed E-state index contributed by atoms with van der Waals surface area (Å²) in [5.74, 6) is 0.495. The van der Waals surface area contributed by atoms with Crippen molar-refractivity contribution in [3.05, 3.63) is 60.0 Å². The number of rotatable bonds is 5. The summed E-state index contributed by atoms with van der Waals surface area (Å²) in [5.41, 5.74) is 1.86. The molecule has 0 aliphatic carbocycles. The number of pyridine rings is 1. The molecule has 3 aromatic rings. The maximum Gasteiger partial charge on any atom is 0.319 e. The molecule has 0 aliphatic rings. The summed E-state index contributed by atoms with van der Waals surface area (Å²) in [6.45, 7) is 2.67. The molecule has 0 atom stereocenters. The topological polar surface area (TPSA) is 100 Å². The third-order valence-corrected chi connectivity index (χ3v) is 3.53. The molecule has 8 heteroatoms. The second-order valence-electron chi connectivity index (χ2n) is 5.29. The molecule has 0 spiro atoms. The molecule has 8 nitrogen and oxygen atoms in total. The first kappa shape index (κ1) is 16.4. The van der Waals surface area contributed by atoms with E-state index in [0.717, 1.165) is 5.65 Å². The van der Waals surface area contributed by atoms with Gasteiger partial charge in [0.1, 0.15) is 0 Å². The third kappa shape index (κ3) is 3.92. The van der Waals surface area contributed by atoms with Crippen molar-refractivity contribution in [1.29, 1.82) is 0 Å². The van der Waals surface area contributed by atoms with E-state index in [4.69, 9.17) is 0 Å². The van der Waals surface area contributed by atoms with Crippen LogP contribution in [-0.4, -0.2) is 33.1 Å². The number of carbonyl (C=O) groups is 2. The van der Waals surface area contributed by atoms with Crippen LogP contribution in [0, 0.1) is 0 Å². The highest BCUT2D eigenvalue weighted by Gasteiger charge is 2.08. The first-order valence-corrected chi connectivity index (χ1v) is 7.89. The second kappa shape index (κ2) is 7.43. The number of anilines is 1. The number of nitrogens with one attached hydrogen (secondary N) is 3. The van der Waals surface area contributed by atoms with Gasteiger partial charge in [0.15, 0.2) is 11.5 Å². The molecule has 0 bridgehead atoms. The van der Waals surface area contributed by atoms with Crippen LogP contribution >= 0.6 is 0 Å². The minimum absolute atomic E-state index is 0.141. The summed E-state index contributed by atoms with van der Waals surface area (Å²) >= 11 is 0. The molecule has 0 unspecified atom stereocenters. The summed E-state index contributed by atoms with van der Waals surface area (Å²) in [5, 5.41) is 16.2. The SMILES string of the molecule is CCNC(=O)c1ccc(NC(=O)NCc2nnc3ccccn23)cc1. The van der Waals surface area contributed by atoms with E-state index in [9.17, 15) is 9.59 Å². The van der Waals surface area contributed by atoms with Gasteiger partial charge < -0.3 is 16.0 Å². The fourth-order valence-electron chi connectivity index (χ4n) is 2.31. The van der Waals surface area contributed by atoms with Crippen LogP contribution < -0.4 is 16.0 Å². The lowest BCUT2D eigenvalue weighted by molar-refractivity contribution is 0.0956. The number of carbonyl (C=O) groups excluding carboxylic acids is 2. The fraction of sp³-hybridized carbons (Fsp3) is 0.176. The van der Waals surface area contributed by atoms with Gasteiger partial charge in [-0.3, -0.25) is 9.20 Å². The first-order valence-electron chi connectivity index (χ1n) is 7.89. The molecule has 0 radical (unpaired) electrons. The average Bonchev–Trinajstić information content (AvgIpc) is 3.04. The fourth-order valence-corrected chi connectivity index (χ4v) is 2.31. The number of aromatic nitrogens is 3. The number of amides is 3. The molecule has 128 valence electrons. The molecular weight excluding hydrogens is 320 g/mol. The molecule has 1 aromatic carbocycles. The Labute approximate surface area is 144 Å². The van der Waals surface area contributed by atoms with Crippen LogP contribution in [0.2, 0.25) is 0 Å². The zero-order valence-electron chi connectivity index (χ0n) is 13.7. The van der Waals surface area contributed by atoms with E-state index in [-0.39, 0.29) is 18.5 Å². The zero-order chi connectivity index (χ0) is 17.6. The quantitative estimate of drug-likeness (QED) is 0.660. The van der Waals surface area contributed by atoms with E-state index < -0.39 is 0 Å². The number of nitrogens with zero attached hydrogens (tertiary/aromatic N) is 3. The standard InChI is InChI=1S/C17H18N6O2/c1-2-18-16(24)12-6-8-13(9-7-12)20-17(25)19-11-15-22-21-14-5-3-4-10-23(14)15/h3-10H,2,11H2,1H3,(H,18,24)(H2,19,20,25). The average molecular weight is 338 g/mol. The van der Waals surface area contributed by atoms with Gasteiger partial charge in [-0.2, -0.15) is 0 Å². The van der Waals surface area contributed by atoms with Crippen molar-refractivity contribution in [1.82, 2.24) is 25.2 Å². The molecule has 0 saturated heterocycles. The maximum atomic E-state index is 12.0. The highest BCUT2D eigenvalue weighted by molar-refractivity contribution is 5.95. The lowest BCUT2D eigenvalue weighted by Crippen LogP contribution is -2.29. The van der Waals surface area contributed by atoms with Crippen LogP contribution in [0.25, 0.3) is 5.65 Å². The predicted octanol–water partition coefficient (Wildman–Crippen LogP) is 1.80. The van der Waals surface area contributed by atoms with Crippen LogP contribution in [-0.2, 0) is 6.54 Å². The Hall–Kier alpha value is -3.42. The zero-order valence-corrected chi connectivity index (χ0v) is 13.7. The number of benzene rings is 1. The van der Waals surface area contributed by atoms with Crippen molar-refractivity contribution >= 4 is 23.3 Å². The Morgan fingerprint density at radius 3 is 2.60 bits per heavy atom. The molecule has 2 heterocycles. The van der Waals surface area contributed by atoms with Gasteiger partial charge in [0.2, 0.25) is 0 Å². The van der Waals surface area contributed by atoms with Crippen LogP contribution in [0.4, 0.5) is 10.5 Å². The molecular formula is C17H18N6O2. The lowest BCUT2D eigenvalue weighted by atomic mass is 10.2. The van der Waals surface area contributed by atoms with Crippen LogP contribution in [0.1, 0.15) is 23.1 Å². The van der Waals surface area contributed by atoms with Crippen LogP contribution in [0.3, 0.4) is 0 Å². The van der Waals surface area contributed by atoms with Crippen LogP contribution in [0.15, 0.2) is 48.7 Å². The summed E-state index contributed by atoms with van der Waals surface area (Å²) in [4.78, 5) is 23.7. The van der Waals surface area contributed by atoms with Crippen molar-refractivity contribution < 1.29 is 9.59 Å². The van der Waals surface area contributed by atoms with Crippen molar-refractivity contribution in [3.63, 3.8) is 0 Å². The maximum absolute atomic E-state index is 12.0. The molecule has 3 N–H and O–H groups in total. The van der Waals surface area contributed by atoms with Gasteiger partial charge in [0.25, 0.3) is 5.91 Å². The second-order valence-corrected chi connectivity index (χ2v) is 5.29. The summed E-state index contributed by atoms with van der Waals surface area (Å²) in [7, 11) is 0. The van der Waals surface area contributed by atoms with E-state index in [1.807, 2.05) is 31.3 Å². The molecule has 0 aliphatic heterocycles. The minimum atomic E-state index is -0.363. The highest BCUT2D eigenvalue weighted by Crippen LogP contribution is 2.09. The molecule has 3 rings (SSSR count). The van der Waals surface area contributed by atoms with Gasteiger partial charge in [-0.25, -0.2) is 4.79 Å². The molecule has 25 heavy (non-hydrogen) atoms. The van der Waals surface area contributed by atoms with Gasteiger partial charge in [0, 0.05) is 24.0 Å². The molecule has 3 amide bonds. The first-order chi connectivity index (χ1) is 12.2. The van der Waals surface area contributed by atoms with Crippen molar-refractivity contribution in [2.24, 2.45) is 0 Å². The van der Waals surface area contributed by atoms with Crippen molar-refractivity contribution in [2.75, 3.05) is 11.9 Å². The van der Waals surface area contributed by atoms with Gasteiger partial charge in [-0.15, -0.1) is 10.2 Å². The molecule has 0 fully saturated rings. The predicted molar refractivity (Wildman–Crippen MR) is 93.3 cm³/mol. The Morgan fingerprint density at radius 2 is 1.84 bits per heavy atom. The van der Waals surface area contributed by atoms with E-state index >= 15 is 0 Å². The lowest BCUT2D eigenvalue weighted by Gasteiger charge is -2.08. The Kier molecular flexibility index (Phi) is 4.89. The van der Waals surface area contributed by atoms with Gasteiger partial charge in [-0.1, -0.05) is 6.07 Å². The van der Waals surface area contributed by atoms with E-state index in [1.165, 1.54) is 0 Å². The molecule has 2 aromatic heterocycles. The number of urea groups is 1. The Bertz CT molecular complexity index is 888. The minimum Gasteiger partial charge on any atom is -0.352 e. The van der Waals surface area contributed by atoms with Gasteiger partial charge in [0.05, 0.1) is 6.54 Å². The Balaban J connectivity index is 1.56. The van der Waals surface area contributed by atoms with E-state index in [2.05, 4.69) is 26.1 Å². The Morgan fingerprint density at radius 1 is 1.04 bits per heavy atom. The van der Waals surface area contributed by atoms with Gasteiger partial charge >= 0.3 is 6.03 Å². The normalized spacial score (nSPS) is 10.4. The highest BCUT2D eigenvalue weighted by atomic mass is 16.2. The number of fused-ring (bicyclic) bond motifs is 1. The number of hydrogen-bond donors (Lipinski definition) is 3. The van der Waals surface area contributed by atoms with Crippen LogP contribution in [0.5, 0.6) is 0 Å². The summed E-state index contributed by atoms with van der Waals surface area (Å²) in [6, 6.07) is 11.9.